The Morgan fingerprint density at radius 3 is 1.52 bits per heavy atom. The Kier molecular flexibility index (Phi) is 4.66. The third-order valence-corrected chi connectivity index (χ3v) is 2.77. The molecule has 21 heavy (non-hydrogen) atoms. The zero-order chi connectivity index (χ0) is 15.2. The third kappa shape index (κ3) is 3.65. The van der Waals surface area contributed by atoms with Crippen LogP contribution in [0.3, 0.4) is 0 Å². The van der Waals surface area contributed by atoms with E-state index in [9.17, 15) is 0 Å². The fourth-order valence-electron chi connectivity index (χ4n) is 1.71. The number of anilines is 2. The highest BCUT2D eigenvalue weighted by Crippen LogP contribution is 2.27. The van der Waals surface area contributed by atoms with E-state index in [0.29, 0.717) is 34.4 Å². The molecule has 0 aliphatic heterocycles. The van der Waals surface area contributed by atoms with Crippen LogP contribution in [0.4, 0.5) is 11.4 Å². The van der Waals surface area contributed by atoms with Crippen LogP contribution in [-0.2, 0) is 0 Å². The van der Waals surface area contributed by atoms with E-state index in [2.05, 4.69) is 0 Å². The van der Waals surface area contributed by atoms with Gasteiger partial charge in [-0.05, 0) is 24.3 Å². The summed E-state index contributed by atoms with van der Waals surface area (Å²) in [7, 11) is 4.30. The van der Waals surface area contributed by atoms with Gasteiger partial charge in [0.15, 0.2) is 0 Å². The number of rotatable bonds is 6. The van der Waals surface area contributed by atoms with Gasteiger partial charge in [0.2, 0.25) is 0 Å². The minimum absolute atomic E-state index is 0.483. The molecule has 2 aromatic carbocycles. The fraction of sp³-hybridized carbons (Fsp3) is 0.143. The van der Waals surface area contributed by atoms with Crippen molar-refractivity contribution in [3.05, 3.63) is 36.4 Å². The summed E-state index contributed by atoms with van der Waals surface area (Å²) < 4.78 is 20.8. The molecule has 109 valence electrons. The number of nitrogen functional groups attached to an aromatic ring is 2. The lowest BCUT2D eigenvalue weighted by molar-refractivity contribution is 0.414. The maximum atomic E-state index is 5.78. The Balaban J connectivity index is 1.92. The lowest BCUT2D eigenvalue weighted by Gasteiger charge is -2.10. The molecule has 0 saturated carbocycles. The maximum absolute atomic E-state index is 5.78. The molecule has 4 N–H and O–H groups in total. The Labute approximate surface area is 123 Å². The van der Waals surface area contributed by atoms with Crippen LogP contribution in [0.5, 0.6) is 23.0 Å². The molecule has 0 fully saturated rings. The van der Waals surface area contributed by atoms with Crippen LogP contribution >= 0.6 is 0 Å². The summed E-state index contributed by atoms with van der Waals surface area (Å²) in [6.45, 7) is 0. The van der Waals surface area contributed by atoms with Crippen molar-refractivity contribution in [3.63, 3.8) is 0 Å². The molecule has 0 bridgehead atoms. The zero-order valence-corrected chi connectivity index (χ0v) is 11.8. The van der Waals surface area contributed by atoms with E-state index in [1.807, 2.05) is 0 Å². The van der Waals surface area contributed by atoms with Gasteiger partial charge in [-0.15, -0.1) is 0 Å². The number of ether oxygens (including phenoxy) is 2. The van der Waals surface area contributed by atoms with Gasteiger partial charge in [-0.3, -0.25) is 0 Å². The summed E-state index contributed by atoms with van der Waals surface area (Å²) in [6, 6.07) is 10.1. The van der Waals surface area contributed by atoms with E-state index >= 15 is 0 Å². The molecule has 7 heteroatoms. The highest BCUT2D eigenvalue weighted by molar-refractivity contribution is 6.20. The SMILES string of the molecule is COc1ccc(O[B]Oc2ccc(OC)c(N)c2)cc1N. The van der Waals surface area contributed by atoms with Gasteiger partial charge in [0.25, 0.3) is 0 Å². The number of methoxy groups -OCH3 is 2. The van der Waals surface area contributed by atoms with Crippen LogP contribution in [0.15, 0.2) is 36.4 Å². The molecule has 2 aromatic rings. The van der Waals surface area contributed by atoms with E-state index in [1.165, 1.54) is 7.69 Å². The maximum Gasteiger partial charge on any atom is 0.658 e. The number of nitrogens with two attached hydrogens (primary N) is 2. The molecule has 0 aliphatic rings. The second-order valence-corrected chi connectivity index (χ2v) is 4.14. The Hall–Kier alpha value is -2.70. The molecular formula is C14H16BN2O4. The Morgan fingerprint density at radius 2 is 1.19 bits per heavy atom. The smallest absolute Gasteiger partial charge is 0.526 e. The molecule has 0 amide bonds. The van der Waals surface area contributed by atoms with Crippen molar-refractivity contribution in [2.24, 2.45) is 0 Å². The quantitative estimate of drug-likeness (QED) is 0.622. The lowest BCUT2D eigenvalue weighted by atomic mass is 10.2. The van der Waals surface area contributed by atoms with Crippen molar-refractivity contribution in [2.75, 3.05) is 25.7 Å². The summed E-state index contributed by atoms with van der Waals surface area (Å²) in [6.07, 6.45) is 0. The number of hydrogen-bond donors (Lipinski definition) is 2. The fourth-order valence-corrected chi connectivity index (χ4v) is 1.71. The molecule has 0 spiro atoms. The van der Waals surface area contributed by atoms with Gasteiger partial charge in [0, 0.05) is 12.1 Å². The predicted molar refractivity (Wildman–Crippen MR) is 81.8 cm³/mol. The molecular weight excluding hydrogens is 271 g/mol. The van der Waals surface area contributed by atoms with Crippen LogP contribution in [0, 0.1) is 0 Å². The molecule has 2 rings (SSSR count). The monoisotopic (exact) mass is 287 g/mol. The van der Waals surface area contributed by atoms with E-state index in [0.717, 1.165) is 0 Å². The highest BCUT2D eigenvalue weighted by Gasteiger charge is 2.06. The first-order chi connectivity index (χ1) is 10.1. The Bertz CT molecular complexity index is 568. The average molecular weight is 287 g/mol. The largest absolute Gasteiger partial charge is 0.658 e. The molecule has 1 radical (unpaired) electrons. The lowest BCUT2D eigenvalue weighted by Crippen LogP contribution is -2.11. The summed E-state index contributed by atoms with van der Waals surface area (Å²) in [5, 5.41) is 0. The summed E-state index contributed by atoms with van der Waals surface area (Å²) in [4.78, 5) is 0. The molecule has 0 aromatic heterocycles. The van der Waals surface area contributed by atoms with Crippen LogP contribution in [0.2, 0.25) is 0 Å². The first-order valence-electron chi connectivity index (χ1n) is 6.16. The van der Waals surface area contributed by atoms with Crippen LogP contribution in [0.1, 0.15) is 0 Å². The Morgan fingerprint density at radius 1 is 0.762 bits per heavy atom. The molecule has 0 saturated heterocycles. The van der Waals surface area contributed by atoms with Crippen LogP contribution in [0.25, 0.3) is 0 Å². The minimum atomic E-state index is 0.483. The van der Waals surface area contributed by atoms with Crippen molar-refractivity contribution < 1.29 is 18.8 Å². The average Bonchev–Trinajstić information content (AvgIpc) is 2.48. The van der Waals surface area contributed by atoms with Crippen molar-refractivity contribution in [1.29, 1.82) is 0 Å². The predicted octanol–water partition coefficient (Wildman–Crippen LogP) is 1.86. The van der Waals surface area contributed by atoms with Crippen LogP contribution < -0.4 is 30.2 Å². The third-order valence-electron chi connectivity index (χ3n) is 2.77. The van der Waals surface area contributed by atoms with Gasteiger partial charge in [0.05, 0.1) is 25.6 Å². The standard InChI is InChI=1S/C14H16BN2O4/c1-18-13-5-3-9(7-11(13)16)20-15-21-10-4-6-14(19-2)12(17)8-10/h3-8H,16-17H2,1-2H3. The van der Waals surface area contributed by atoms with Gasteiger partial charge in [-0.2, -0.15) is 0 Å². The van der Waals surface area contributed by atoms with E-state index < -0.39 is 0 Å². The highest BCUT2D eigenvalue weighted by atomic mass is 16.6. The van der Waals surface area contributed by atoms with Gasteiger partial charge in [-0.1, -0.05) is 0 Å². The molecule has 0 unspecified atom stereocenters. The first-order valence-corrected chi connectivity index (χ1v) is 6.16. The van der Waals surface area contributed by atoms with Gasteiger partial charge in [0.1, 0.15) is 23.0 Å². The van der Waals surface area contributed by atoms with Crippen LogP contribution in [-0.4, -0.2) is 21.9 Å². The molecule has 0 heterocycles. The number of hydrogen-bond acceptors (Lipinski definition) is 6. The second kappa shape index (κ2) is 6.65. The van der Waals surface area contributed by atoms with Crippen molar-refractivity contribution >= 4 is 19.1 Å². The van der Waals surface area contributed by atoms with E-state index in [1.54, 1.807) is 50.6 Å². The normalized spacial score (nSPS) is 9.81. The van der Waals surface area contributed by atoms with Crippen molar-refractivity contribution in [1.82, 2.24) is 0 Å². The van der Waals surface area contributed by atoms with Gasteiger partial charge in [-0.25, -0.2) is 0 Å². The summed E-state index contributed by atoms with van der Waals surface area (Å²) >= 11 is 0. The topological polar surface area (TPSA) is 89.0 Å². The zero-order valence-electron chi connectivity index (χ0n) is 11.8. The van der Waals surface area contributed by atoms with Gasteiger partial charge >= 0.3 is 7.69 Å². The molecule has 0 aliphatic carbocycles. The van der Waals surface area contributed by atoms with Crippen molar-refractivity contribution in [2.45, 2.75) is 0 Å². The van der Waals surface area contributed by atoms with E-state index in [-0.39, 0.29) is 0 Å². The first kappa shape index (κ1) is 14.7. The summed E-state index contributed by atoms with van der Waals surface area (Å²) in [5.74, 6) is 2.25. The minimum Gasteiger partial charge on any atom is -0.526 e. The summed E-state index contributed by atoms with van der Waals surface area (Å²) in [5.41, 5.74) is 12.5. The second-order valence-electron chi connectivity index (χ2n) is 4.14. The molecule has 0 atom stereocenters. The van der Waals surface area contributed by atoms with E-state index in [4.69, 9.17) is 30.2 Å². The van der Waals surface area contributed by atoms with Crippen molar-refractivity contribution in [3.8, 4) is 23.0 Å². The molecule has 6 nitrogen and oxygen atoms in total. The van der Waals surface area contributed by atoms with Gasteiger partial charge < -0.3 is 30.2 Å². The number of benzene rings is 2.